The first-order valence-electron chi connectivity index (χ1n) is 9.64. The molecule has 0 spiro atoms. The number of fused-ring (bicyclic) bond motifs is 1. The van der Waals surface area contributed by atoms with Gasteiger partial charge in [0, 0.05) is 11.8 Å². The lowest BCUT2D eigenvalue weighted by Gasteiger charge is -2.12. The van der Waals surface area contributed by atoms with Gasteiger partial charge in [-0.15, -0.1) is 0 Å². The molecule has 4 rings (SSSR count). The lowest BCUT2D eigenvalue weighted by molar-refractivity contribution is 0.0525. The van der Waals surface area contributed by atoms with E-state index in [0.717, 1.165) is 0 Å². The zero-order valence-electron chi connectivity index (χ0n) is 16.6. The Bertz CT molecular complexity index is 1310. The quantitative estimate of drug-likeness (QED) is 0.462. The molecule has 0 N–H and O–H groups in total. The fourth-order valence-electron chi connectivity index (χ4n) is 3.07. The summed E-state index contributed by atoms with van der Waals surface area (Å²) in [6.45, 7) is 1.90. The molecule has 0 aliphatic heterocycles. The monoisotopic (exact) mass is 414 g/mol. The van der Waals surface area contributed by atoms with Gasteiger partial charge in [-0.05, 0) is 31.2 Å². The summed E-state index contributed by atoms with van der Waals surface area (Å²) in [4.78, 5) is 42.6. The number of esters is 2. The van der Waals surface area contributed by atoms with Crippen molar-refractivity contribution < 1.29 is 19.1 Å². The Hall–Kier alpha value is -4.26. The van der Waals surface area contributed by atoms with Gasteiger partial charge < -0.3 is 9.47 Å². The summed E-state index contributed by atoms with van der Waals surface area (Å²) in [6.07, 6.45) is 1.33. The van der Waals surface area contributed by atoms with Gasteiger partial charge >= 0.3 is 17.5 Å². The maximum atomic E-state index is 13.3. The van der Waals surface area contributed by atoms with E-state index in [-0.39, 0.29) is 23.6 Å². The summed E-state index contributed by atoms with van der Waals surface area (Å²) in [5.41, 5.74) is 1.03. The van der Waals surface area contributed by atoms with Gasteiger partial charge in [-0.2, -0.15) is 0 Å². The van der Waals surface area contributed by atoms with Gasteiger partial charge in [0.25, 0.3) is 0 Å². The number of carbonyl (C=O) groups is 2. The molecule has 0 bridgehead atoms. The molecule has 0 radical (unpaired) electrons. The fourth-order valence-corrected chi connectivity index (χ4v) is 3.07. The first-order valence-corrected chi connectivity index (χ1v) is 9.64. The molecule has 154 valence electrons. The van der Waals surface area contributed by atoms with Crippen molar-refractivity contribution in [3.8, 4) is 17.0 Å². The van der Waals surface area contributed by atoms with Gasteiger partial charge in [0.2, 0.25) is 5.75 Å². The molecule has 7 heteroatoms. The minimum atomic E-state index is -0.682. The molecule has 2 aromatic carbocycles. The van der Waals surface area contributed by atoms with Crippen molar-refractivity contribution in [2.45, 2.75) is 6.92 Å². The number of nitrogens with zero attached hydrogens (tertiary/aromatic N) is 2. The van der Waals surface area contributed by atoms with Crippen LogP contribution in [-0.4, -0.2) is 27.9 Å². The van der Waals surface area contributed by atoms with E-state index in [1.54, 1.807) is 67.6 Å². The molecular formula is C24H18N2O5. The van der Waals surface area contributed by atoms with Crippen LogP contribution in [0.5, 0.6) is 5.75 Å². The van der Waals surface area contributed by atoms with Crippen LogP contribution in [0, 0.1) is 0 Å². The molecule has 0 unspecified atom stereocenters. The first-order chi connectivity index (χ1) is 15.1. The highest BCUT2D eigenvalue weighted by atomic mass is 16.5. The summed E-state index contributed by atoms with van der Waals surface area (Å²) in [6, 6.07) is 20.4. The number of carbonyl (C=O) groups excluding carboxylic acids is 2. The van der Waals surface area contributed by atoms with E-state index in [9.17, 15) is 14.4 Å². The highest BCUT2D eigenvalue weighted by Gasteiger charge is 2.21. The second-order valence-electron chi connectivity index (χ2n) is 6.58. The molecule has 0 aliphatic rings. The van der Waals surface area contributed by atoms with Gasteiger partial charge in [-0.1, -0.05) is 48.5 Å². The van der Waals surface area contributed by atoms with Crippen LogP contribution in [0.25, 0.3) is 16.9 Å². The zero-order chi connectivity index (χ0) is 21.8. The van der Waals surface area contributed by atoms with Crippen molar-refractivity contribution in [3.63, 3.8) is 0 Å². The van der Waals surface area contributed by atoms with Crippen LogP contribution in [-0.2, 0) is 4.74 Å². The van der Waals surface area contributed by atoms with E-state index in [0.29, 0.717) is 16.8 Å². The van der Waals surface area contributed by atoms with Gasteiger partial charge in [0.05, 0.1) is 17.7 Å². The third-order valence-corrected chi connectivity index (χ3v) is 4.54. The normalized spacial score (nSPS) is 10.6. The van der Waals surface area contributed by atoms with Crippen LogP contribution in [0.1, 0.15) is 27.6 Å². The lowest BCUT2D eigenvalue weighted by atomic mass is 10.1. The predicted octanol–water partition coefficient (Wildman–Crippen LogP) is 3.76. The second kappa shape index (κ2) is 8.62. The summed E-state index contributed by atoms with van der Waals surface area (Å²) < 4.78 is 11.7. The van der Waals surface area contributed by atoms with Crippen LogP contribution >= 0.6 is 0 Å². The molecule has 31 heavy (non-hydrogen) atoms. The maximum absolute atomic E-state index is 13.3. The standard InChI is InChI=1S/C24H18N2O5/c1-2-30-23(28)18-13-14-19-25-20(16-9-5-3-6-10-16)21(22(27)26(19)15-18)31-24(29)17-11-7-4-8-12-17/h3-15H,2H2,1H3. The van der Waals surface area contributed by atoms with E-state index in [1.807, 2.05) is 6.07 Å². The van der Waals surface area contributed by atoms with E-state index < -0.39 is 17.5 Å². The van der Waals surface area contributed by atoms with Crippen molar-refractivity contribution in [1.29, 1.82) is 0 Å². The number of ether oxygens (including phenoxy) is 2. The highest BCUT2D eigenvalue weighted by Crippen LogP contribution is 2.26. The maximum Gasteiger partial charge on any atom is 0.343 e. The summed E-state index contributed by atoms with van der Waals surface area (Å²) >= 11 is 0. The highest BCUT2D eigenvalue weighted by molar-refractivity contribution is 5.92. The molecule has 7 nitrogen and oxygen atoms in total. The Morgan fingerprint density at radius 1 is 0.871 bits per heavy atom. The van der Waals surface area contributed by atoms with Crippen molar-refractivity contribution in [2.75, 3.05) is 6.61 Å². The van der Waals surface area contributed by atoms with Crippen LogP contribution < -0.4 is 10.3 Å². The molecule has 4 aromatic rings. The van der Waals surface area contributed by atoms with Crippen LogP contribution in [0.3, 0.4) is 0 Å². The number of hydrogen-bond acceptors (Lipinski definition) is 6. The topological polar surface area (TPSA) is 87.0 Å². The number of rotatable bonds is 5. The summed E-state index contributed by atoms with van der Waals surface area (Å²) in [7, 11) is 0. The molecule has 2 aromatic heterocycles. The third-order valence-electron chi connectivity index (χ3n) is 4.54. The smallest absolute Gasteiger partial charge is 0.343 e. The zero-order valence-corrected chi connectivity index (χ0v) is 16.6. The third kappa shape index (κ3) is 4.06. The molecule has 0 saturated carbocycles. The van der Waals surface area contributed by atoms with Gasteiger partial charge in [-0.3, -0.25) is 9.20 Å². The average molecular weight is 414 g/mol. The van der Waals surface area contributed by atoms with E-state index >= 15 is 0 Å². The molecule has 2 heterocycles. The van der Waals surface area contributed by atoms with E-state index in [2.05, 4.69) is 4.98 Å². The van der Waals surface area contributed by atoms with Gasteiger partial charge in [-0.25, -0.2) is 14.6 Å². The summed E-state index contributed by atoms with van der Waals surface area (Å²) in [5.74, 6) is -1.47. The van der Waals surface area contributed by atoms with Crippen molar-refractivity contribution in [2.24, 2.45) is 0 Å². The number of pyridine rings is 1. The van der Waals surface area contributed by atoms with Crippen molar-refractivity contribution >= 4 is 17.6 Å². The van der Waals surface area contributed by atoms with E-state index in [1.165, 1.54) is 16.7 Å². The SMILES string of the molecule is CCOC(=O)c1ccc2nc(-c3ccccc3)c(OC(=O)c3ccccc3)c(=O)n2c1. The number of hydrogen-bond donors (Lipinski definition) is 0. The fraction of sp³-hybridized carbons (Fsp3) is 0.0833. The minimum absolute atomic E-state index is 0.186. The lowest BCUT2D eigenvalue weighted by Crippen LogP contribution is -2.23. The number of benzene rings is 2. The van der Waals surface area contributed by atoms with Crippen LogP contribution in [0.15, 0.2) is 83.8 Å². The average Bonchev–Trinajstić information content (AvgIpc) is 2.81. The molecule has 0 atom stereocenters. The summed E-state index contributed by atoms with van der Waals surface area (Å²) in [5, 5.41) is 0. The Morgan fingerprint density at radius 2 is 1.55 bits per heavy atom. The molecule has 0 aliphatic carbocycles. The Kier molecular flexibility index (Phi) is 5.57. The molecular weight excluding hydrogens is 396 g/mol. The molecule has 0 amide bonds. The first kappa shape index (κ1) is 20.0. The molecule has 0 saturated heterocycles. The Labute approximate surface area is 177 Å². The Balaban J connectivity index is 1.89. The van der Waals surface area contributed by atoms with Crippen molar-refractivity contribution in [3.05, 3.63) is 100 Å². The largest absolute Gasteiger partial charge is 0.462 e. The predicted molar refractivity (Wildman–Crippen MR) is 114 cm³/mol. The number of aromatic nitrogens is 2. The van der Waals surface area contributed by atoms with Gasteiger partial charge in [0.1, 0.15) is 11.3 Å². The van der Waals surface area contributed by atoms with Crippen LogP contribution in [0.4, 0.5) is 0 Å². The second-order valence-corrected chi connectivity index (χ2v) is 6.58. The molecule has 0 fully saturated rings. The van der Waals surface area contributed by atoms with Crippen LogP contribution in [0.2, 0.25) is 0 Å². The Morgan fingerprint density at radius 3 is 2.23 bits per heavy atom. The van der Waals surface area contributed by atoms with Gasteiger partial charge in [0.15, 0.2) is 0 Å². The van der Waals surface area contributed by atoms with Crippen molar-refractivity contribution in [1.82, 2.24) is 9.38 Å². The minimum Gasteiger partial charge on any atom is -0.462 e. The van der Waals surface area contributed by atoms with E-state index in [4.69, 9.17) is 9.47 Å².